The molecule has 0 atom stereocenters. The molecule has 1 amide bonds. The van der Waals surface area contributed by atoms with E-state index in [1.807, 2.05) is 54.7 Å². The van der Waals surface area contributed by atoms with Crippen molar-refractivity contribution in [2.75, 3.05) is 20.3 Å². The third-order valence-electron chi connectivity index (χ3n) is 4.00. The smallest absolute Gasteiger partial charge is 0.247 e. The number of nitrogens with zero attached hydrogens (tertiary/aromatic N) is 4. The second kappa shape index (κ2) is 9.45. The SMILES string of the molecule is COCCN(Cc1ccccn1)C(=O)/C=C/c1cnn(-c2ccccc2)c1. The fourth-order valence-corrected chi connectivity index (χ4v) is 2.57. The minimum Gasteiger partial charge on any atom is -0.383 e. The Labute approximate surface area is 158 Å². The average molecular weight is 362 g/mol. The molecule has 0 radical (unpaired) electrons. The van der Waals surface area contributed by atoms with E-state index in [1.54, 1.807) is 41.2 Å². The summed E-state index contributed by atoms with van der Waals surface area (Å²) >= 11 is 0. The lowest BCUT2D eigenvalue weighted by molar-refractivity contribution is -0.127. The molecule has 138 valence electrons. The predicted octanol–water partition coefficient (Wildman–Crippen LogP) is 2.96. The zero-order chi connectivity index (χ0) is 18.9. The number of para-hydroxylation sites is 1. The topological polar surface area (TPSA) is 60.2 Å². The van der Waals surface area contributed by atoms with Crippen LogP contribution in [-0.4, -0.2) is 45.8 Å². The van der Waals surface area contributed by atoms with E-state index in [1.165, 1.54) is 0 Å². The molecule has 0 N–H and O–H groups in total. The molecular formula is C21H22N4O2. The monoisotopic (exact) mass is 362 g/mol. The van der Waals surface area contributed by atoms with Gasteiger partial charge in [-0.3, -0.25) is 9.78 Å². The predicted molar refractivity (Wildman–Crippen MR) is 104 cm³/mol. The highest BCUT2D eigenvalue weighted by Crippen LogP contribution is 2.09. The number of benzene rings is 1. The molecule has 27 heavy (non-hydrogen) atoms. The summed E-state index contributed by atoms with van der Waals surface area (Å²) in [6.07, 6.45) is 8.67. The Bertz CT molecular complexity index is 875. The van der Waals surface area contributed by atoms with Gasteiger partial charge in [0.25, 0.3) is 0 Å². The van der Waals surface area contributed by atoms with Crippen LogP contribution in [0.25, 0.3) is 11.8 Å². The normalized spacial score (nSPS) is 11.0. The number of aromatic nitrogens is 3. The Morgan fingerprint density at radius 1 is 1.19 bits per heavy atom. The van der Waals surface area contributed by atoms with Gasteiger partial charge in [-0.1, -0.05) is 24.3 Å². The maximum atomic E-state index is 12.6. The van der Waals surface area contributed by atoms with E-state index in [-0.39, 0.29) is 5.91 Å². The van der Waals surface area contributed by atoms with Gasteiger partial charge in [-0.05, 0) is 30.3 Å². The molecule has 0 saturated heterocycles. The Hall–Kier alpha value is -3.25. The van der Waals surface area contributed by atoms with Crippen LogP contribution in [0.2, 0.25) is 0 Å². The molecule has 3 rings (SSSR count). The zero-order valence-corrected chi connectivity index (χ0v) is 15.2. The standard InChI is InChI=1S/C21H22N4O2/c1-27-14-13-24(17-19-7-5-6-12-22-19)21(26)11-10-18-15-23-25(16-18)20-8-3-2-4-9-20/h2-12,15-16H,13-14,17H2,1H3/b11-10+. The van der Waals surface area contributed by atoms with Crippen molar-refractivity contribution in [3.8, 4) is 5.69 Å². The summed E-state index contributed by atoms with van der Waals surface area (Å²) in [5.74, 6) is -0.0924. The van der Waals surface area contributed by atoms with Crippen molar-refractivity contribution >= 4 is 12.0 Å². The Kier molecular flexibility index (Phi) is 6.49. The Balaban J connectivity index is 1.68. The molecule has 0 unspecified atom stereocenters. The van der Waals surface area contributed by atoms with Crippen molar-refractivity contribution in [2.45, 2.75) is 6.54 Å². The maximum absolute atomic E-state index is 12.6. The van der Waals surface area contributed by atoms with E-state index in [2.05, 4.69) is 10.1 Å². The van der Waals surface area contributed by atoms with E-state index in [9.17, 15) is 4.79 Å². The lowest BCUT2D eigenvalue weighted by atomic mass is 10.3. The highest BCUT2D eigenvalue weighted by Gasteiger charge is 2.12. The Morgan fingerprint density at radius 2 is 2.00 bits per heavy atom. The summed E-state index contributed by atoms with van der Waals surface area (Å²) in [6.45, 7) is 1.41. The van der Waals surface area contributed by atoms with Crippen LogP contribution in [-0.2, 0) is 16.1 Å². The molecule has 0 aliphatic carbocycles. The first-order chi connectivity index (χ1) is 13.3. The first-order valence-electron chi connectivity index (χ1n) is 8.72. The molecule has 0 aliphatic heterocycles. The summed E-state index contributed by atoms with van der Waals surface area (Å²) in [7, 11) is 1.62. The summed E-state index contributed by atoms with van der Waals surface area (Å²) in [4.78, 5) is 18.6. The summed E-state index contributed by atoms with van der Waals surface area (Å²) in [5, 5.41) is 4.34. The molecule has 0 aliphatic rings. The minimum absolute atomic E-state index is 0.0924. The number of carbonyl (C=O) groups excluding carboxylic acids is 1. The molecule has 1 aromatic carbocycles. The third kappa shape index (κ3) is 5.36. The van der Waals surface area contributed by atoms with Crippen LogP contribution in [0, 0.1) is 0 Å². The van der Waals surface area contributed by atoms with E-state index in [4.69, 9.17) is 4.74 Å². The third-order valence-corrected chi connectivity index (χ3v) is 4.00. The van der Waals surface area contributed by atoms with Crippen LogP contribution in [0.5, 0.6) is 0 Å². The number of pyridine rings is 1. The van der Waals surface area contributed by atoms with E-state index < -0.39 is 0 Å². The minimum atomic E-state index is -0.0924. The molecule has 0 bridgehead atoms. The highest BCUT2D eigenvalue weighted by atomic mass is 16.5. The van der Waals surface area contributed by atoms with E-state index in [0.717, 1.165) is 16.9 Å². The number of rotatable bonds is 8. The van der Waals surface area contributed by atoms with Gasteiger partial charge in [-0.2, -0.15) is 5.10 Å². The zero-order valence-electron chi connectivity index (χ0n) is 15.2. The van der Waals surface area contributed by atoms with Crippen molar-refractivity contribution in [3.05, 3.63) is 84.5 Å². The largest absolute Gasteiger partial charge is 0.383 e. The van der Waals surface area contributed by atoms with Crippen molar-refractivity contribution in [2.24, 2.45) is 0 Å². The summed E-state index contributed by atoms with van der Waals surface area (Å²) < 4.78 is 6.90. The second-order valence-electron chi connectivity index (χ2n) is 5.96. The van der Waals surface area contributed by atoms with Gasteiger partial charge in [0.05, 0.1) is 30.7 Å². The van der Waals surface area contributed by atoms with Crippen LogP contribution < -0.4 is 0 Å². The number of hydrogen-bond acceptors (Lipinski definition) is 4. The second-order valence-corrected chi connectivity index (χ2v) is 5.96. The van der Waals surface area contributed by atoms with Gasteiger partial charge in [-0.25, -0.2) is 4.68 Å². The van der Waals surface area contributed by atoms with Gasteiger partial charge >= 0.3 is 0 Å². The molecule has 2 aromatic heterocycles. The lowest BCUT2D eigenvalue weighted by Gasteiger charge is -2.20. The number of hydrogen-bond donors (Lipinski definition) is 0. The maximum Gasteiger partial charge on any atom is 0.247 e. The van der Waals surface area contributed by atoms with E-state index in [0.29, 0.717) is 19.7 Å². The van der Waals surface area contributed by atoms with E-state index >= 15 is 0 Å². The van der Waals surface area contributed by atoms with Crippen LogP contribution in [0.1, 0.15) is 11.3 Å². The summed E-state index contributed by atoms with van der Waals surface area (Å²) in [6, 6.07) is 15.5. The van der Waals surface area contributed by atoms with Crippen molar-refractivity contribution in [1.82, 2.24) is 19.7 Å². The van der Waals surface area contributed by atoms with Gasteiger partial charge < -0.3 is 9.64 Å². The van der Waals surface area contributed by atoms with Crippen LogP contribution in [0.3, 0.4) is 0 Å². The van der Waals surface area contributed by atoms with Crippen LogP contribution >= 0.6 is 0 Å². The molecule has 0 fully saturated rings. The fourth-order valence-electron chi connectivity index (χ4n) is 2.57. The van der Waals surface area contributed by atoms with Gasteiger partial charge in [0.1, 0.15) is 0 Å². The quantitative estimate of drug-likeness (QED) is 0.578. The summed E-state index contributed by atoms with van der Waals surface area (Å²) in [5.41, 5.74) is 2.67. The molecule has 0 spiro atoms. The van der Waals surface area contributed by atoms with Crippen LogP contribution in [0.4, 0.5) is 0 Å². The van der Waals surface area contributed by atoms with Crippen molar-refractivity contribution in [1.29, 1.82) is 0 Å². The molecule has 6 heteroatoms. The number of ether oxygens (including phenoxy) is 1. The molecule has 0 saturated carbocycles. The van der Waals surface area contributed by atoms with Crippen LogP contribution in [0.15, 0.2) is 73.2 Å². The van der Waals surface area contributed by atoms with Gasteiger partial charge in [0.15, 0.2) is 0 Å². The molecule has 2 heterocycles. The van der Waals surface area contributed by atoms with Crippen molar-refractivity contribution in [3.63, 3.8) is 0 Å². The Morgan fingerprint density at radius 3 is 2.74 bits per heavy atom. The average Bonchev–Trinajstić information content (AvgIpc) is 3.20. The van der Waals surface area contributed by atoms with Gasteiger partial charge in [0.2, 0.25) is 5.91 Å². The highest BCUT2D eigenvalue weighted by molar-refractivity contribution is 5.91. The number of methoxy groups -OCH3 is 1. The number of carbonyl (C=O) groups is 1. The lowest BCUT2D eigenvalue weighted by Crippen LogP contribution is -2.32. The van der Waals surface area contributed by atoms with Gasteiger partial charge in [0, 0.05) is 37.7 Å². The first kappa shape index (κ1) is 18.5. The first-order valence-corrected chi connectivity index (χ1v) is 8.72. The van der Waals surface area contributed by atoms with Gasteiger partial charge in [-0.15, -0.1) is 0 Å². The molecular weight excluding hydrogens is 340 g/mol. The fraction of sp³-hybridized carbons (Fsp3) is 0.190. The van der Waals surface area contributed by atoms with Crippen molar-refractivity contribution < 1.29 is 9.53 Å². The molecule has 6 nitrogen and oxygen atoms in total. The number of amides is 1. The molecule has 3 aromatic rings.